The van der Waals surface area contributed by atoms with E-state index in [4.69, 9.17) is 0 Å². The van der Waals surface area contributed by atoms with Gasteiger partial charge in [0.2, 0.25) is 5.91 Å². The van der Waals surface area contributed by atoms with Crippen molar-refractivity contribution in [3.8, 4) is 0 Å². The van der Waals surface area contributed by atoms with Gasteiger partial charge in [-0.1, -0.05) is 30.3 Å². The van der Waals surface area contributed by atoms with Gasteiger partial charge < -0.3 is 4.90 Å². The highest BCUT2D eigenvalue weighted by molar-refractivity contribution is 5.96. The quantitative estimate of drug-likeness (QED) is 0.658. The molecular formula is C12H13NO. The molecule has 0 saturated carbocycles. The van der Waals surface area contributed by atoms with Gasteiger partial charge in [0.1, 0.15) is 0 Å². The first-order valence-corrected chi connectivity index (χ1v) is 4.78. The van der Waals surface area contributed by atoms with Crippen molar-refractivity contribution >= 4 is 11.5 Å². The normalized spacial score (nSPS) is 16.8. The van der Waals surface area contributed by atoms with Crippen molar-refractivity contribution in [1.82, 2.24) is 4.90 Å². The number of carbonyl (C=O) groups excluding carboxylic acids is 1. The molecule has 0 radical (unpaired) electrons. The second-order valence-corrected chi connectivity index (χ2v) is 3.55. The SMILES string of the molecule is CN1CCC(c2ccccc2)=CC1=O. The predicted octanol–water partition coefficient (Wildman–Crippen LogP) is 1.93. The third kappa shape index (κ3) is 1.69. The van der Waals surface area contributed by atoms with Crippen LogP contribution in [0.3, 0.4) is 0 Å². The Morgan fingerprint density at radius 3 is 2.57 bits per heavy atom. The molecule has 0 fully saturated rings. The van der Waals surface area contributed by atoms with Crippen molar-refractivity contribution in [2.75, 3.05) is 13.6 Å². The number of likely N-dealkylation sites (N-methyl/N-ethyl adjacent to an activating group) is 1. The molecule has 0 bridgehead atoms. The zero-order valence-electron chi connectivity index (χ0n) is 8.23. The minimum Gasteiger partial charge on any atom is -0.342 e. The number of hydrogen-bond donors (Lipinski definition) is 0. The van der Waals surface area contributed by atoms with Crippen LogP contribution in [0.5, 0.6) is 0 Å². The number of rotatable bonds is 1. The van der Waals surface area contributed by atoms with E-state index in [2.05, 4.69) is 0 Å². The topological polar surface area (TPSA) is 20.3 Å². The van der Waals surface area contributed by atoms with E-state index >= 15 is 0 Å². The smallest absolute Gasteiger partial charge is 0.246 e. The highest BCUT2D eigenvalue weighted by Gasteiger charge is 2.14. The fourth-order valence-corrected chi connectivity index (χ4v) is 1.61. The molecule has 0 atom stereocenters. The number of carbonyl (C=O) groups is 1. The van der Waals surface area contributed by atoms with Gasteiger partial charge in [0.05, 0.1) is 0 Å². The lowest BCUT2D eigenvalue weighted by Crippen LogP contribution is -2.29. The van der Waals surface area contributed by atoms with Gasteiger partial charge in [-0.15, -0.1) is 0 Å². The Morgan fingerprint density at radius 2 is 1.93 bits per heavy atom. The summed E-state index contributed by atoms with van der Waals surface area (Å²) in [5.74, 6) is 0.107. The first-order valence-electron chi connectivity index (χ1n) is 4.78. The lowest BCUT2D eigenvalue weighted by Gasteiger charge is -2.22. The second-order valence-electron chi connectivity index (χ2n) is 3.55. The Morgan fingerprint density at radius 1 is 1.21 bits per heavy atom. The van der Waals surface area contributed by atoms with Gasteiger partial charge in [0.15, 0.2) is 0 Å². The van der Waals surface area contributed by atoms with E-state index in [0.29, 0.717) is 0 Å². The molecule has 2 nitrogen and oxygen atoms in total. The maximum absolute atomic E-state index is 11.4. The summed E-state index contributed by atoms with van der Waals surface area (Å²) >= 11 is 0. The average molecular weight is 187 g/mol. The number of hydrogen-bond acceptors (Lipinski definition) is 1. The summed E-state index contributed by atoms with van der Waals surface area (Å²) in [5, 5.41) is 0. The maximum Gasteiger partial charge on any atom is 0.246 e. The Hall–Kier alpha value is -1.57. The Bertz CT molecular complexity index is 367. The van der Waals surface area contributed by atoms with E-state index < -0.39 is 0 Å². The summed E-state index contributed by atoms with van der Waals surface area (Å²) in [4.78, 5) is 13.2. The minimum absolute atomic E-state index is 0.107. The van der Waals surface area contributed by atoms with Crippen molar-refractivity contribution < 1.29 is 4.79 Å². The lowest BCUT2D eigenvalue weighted by atomic mass is 10.00. The zero-order chi connectivity index (χ0) is 9.97. The van der Waals surface area contributed by atoms with Crippen LogP contribution in [0, 0.1) is 0 Å². The molecule has 14 heavy (non-hydrogen) atoms. The third-order valence-corrected chi connectivity index (χ3v) is 2.54. The summed E-state index contributed by atoms with van der Waals surface area (Å²) in [5.41, 5.74) is 2.31. The third-order valence-electron chi connectivity index (χ3n) is 2.54. The summed E-state index contributed by atoms with van der Waals surface area (Å²) in [6.07, 6.45) is 2.69. The molecule has 1 amide bonds. The molecule has 1 aliphatic rings. The molecule has 0 N–H and O–H groups in total. The largest absolute Gasteiger partial charge is 0.342 e. The van der Waals surface area contributed by atoms with Crippen molar-refractivity contribution in [2.24, 2.45) is 0 Å². The molecule has 0 saturated heterocycles. The molecule has 0 unspecified atom stereocenters. The van der Waals surface area contributed by atoms with Gasteiger partial charge in [-0.25, -0.2) is 0 Å². The molecule has 1 aliphatic heterocycles. The van der Waals surface area contributed by atoms with Crippen LogP contribution in [0.1, 0.15) is 12.0 Å². The molecule has 0 spiro atoms. The van der Waals surface area contributed by atoms with E-state index in [0.717, 1.165) is 24.1 Å². The van der Waals surface area contributed by atoms with E-state index in [1.165, 1.54) is 0 Å². The van der Waals surface area contributed by atoms with Crippen molar-refractivity contribution in [3.05, 3.63) is 42.0 Å². The van der Waals surface area contributed by atoms with Crippen LogP contribution in [0.25, 0.3) is 5.57 Å². The molecule has 0 aliphatic carbocycles. The van der Waals surface area contributed by atoms with E-state index in [1.54, 1.807) is 11.0 Å². The van der Waals surface area contributed by atoms with Crippen molar-refractivity contribution in [2.45, 2.75) is 6.42 Å². The van der Waals surface area contributed by atoms with Crippen molar-refractivity contribution in [3.63, 3.8) is 0 Å². The van der Waals surface area contributed by atoms with Crippen LogP contribution >= 0.6 is 0 Å². The van der Waals surface area contributed by atoms with Crippen LogP contribution in [0.15, 0.2) is 36.4 Å². The summed E-state index contributed by atoms with van der Waals surface area (Å²) in [6.45, 7) is 0.819. The van der Waals surface area contributed by atoms with Gasteiger partial charge in [-0.2, -0.15) is 0 Å². The standard InChI is InChI=1S/C12H13NO/c1-13-8-7-11(9-12(13)14)10-5-3-2-4-6-10/h2-6,9H,7-8H2,1H3. The highest BCUT2D eigenvalue weighted by Crippen LogP contribution is 2.21. The Kier molecular flexibility index (Phi) is 2.35. The minimum atomic E-state index is 0.107. The molecule has 1 heterocycles. The van der Waals surface area contributed by atoms with E-state index in [1.807, 2.05) is 37.4 Å². The predicted molar refractivity (Wildman–Crippen MR) is 56.7 cm³/mol. The van der Waals surface area contributed by atoms with Crippen molar-refractivity contribution in [1.29, 1.82) is 0 Å². The van der Waals surface area contributed by atoms with E-state index in [-0.39, 0.29) is 5.91 Å². The van der Waals surface area contributed by atoms with Crippen LogP contribution < -0.4 is 0 Å². The first kappa shape index (κ1) is 9.00. The Balaban J connectivity index is 2.29. The first-order chi connectivity index (χ1) is 6.77. The molecule has 1 aromatic carbocycles. The monoisotopic (exact) mass is 187 g/mol. The maximum atomic E-state index is 11.4. The second kappa shape index (κ2) is 3.66. The van der Waals surface area contributed by atoms with Crippen LogP contribution in [-0.2, 0) is 4.79 Å². The molecule has 1 aromatic rings. The van der Waals surface area contributed by atoms with Crippen LogP contribution in [0.2, 0.25) is 0 Å². The van der Waals surface area contributed by atoms with Crippen LogP contribution in [0.4, 0.5) is 0 Å². The number of nitrogens with zero attached hydrogens (tertiary/aromatic N) is 1. The van der Waals surface area contributed by atoms with Gasteiger partial charge in [-0.3, -0.25) is 4.79 Å². The van der Waals surface area contributed by atoms with Gasteiger partial charge >= 0.3 is 0 Å². The zero-order valence-corrected chi connectivity index (χ0v) is 8.23. The Labute approximate surface area is 83.8 Å². The summed E-state index contributed by atoms with van der Waals surface area (Å²) in [6, 6.07) is 10.1. The van der Waals surface area contributed by atoms with Crippen LogP contribution in [-0.4, -0.2) is 24.4 Å². The summed E-state index contributed by atoms with van der Waals surface area (Å²) < 4.78 is 0. The fraction of sp³-hybridized carbons (Fsp3) is 0.250. The number of amides is 1. The molecule has 2 rings (SSSR count). The van der Waals surface area contributed by atoms with Gasteiger partial charge in [0.25, 0.3) is 0 Å². The number of benzene rings is 1. The van der Waals surface area contributed by atoms with Gasteiger partial charge in [-0.05, 0) is 17.6 Å². The highest BCUT2D eigenvalue weighted by atomic mass is 16.2. The van der Waals surface area contributed by atoms with E-state index in [9.17, 15) is 4.79 Å². The summed E-state index contributed by atoms with van der Waals surface area (Å²) in [7, 11) is 1.83. The molecule has 0 aromatic heterocycles. The van der Waals surface area contributed by atoms with Gasteiger partial charge in [0, 0.05) is 19.7 Å². The lowest BCUT2D eigenvalue weighted by molar-refractivity contribution is -0.125. The molecular weight excluding hydrogens is 174 g/mol. The average Bonchev–Trinajstić information content (AvgIpc) is 2.23. The molecule has 72 valence electrons. The molecule has 2 heteroatoms. The fourth-order valence-electron chi connectivity index (χ4n) is 1.61.